The number of hydrogen-bond donors (Lipinski definition) is 1. The molecule has 0 aliphatic carbocycles. The van der Waals surface area contributed by atoms with E-state index in [1.165, 1.54) is 24.3 Å². The first-order valence-corrected chi connectivity index (χ1v) is 10.0. The Morgan fingerprint density at radius 2 is 1.57 bits per heavy atom. The average Bonchev–Trinajstić information content (AvgIpc) is 3.14. The molecule has 1 N–H and O–H groups in total. The number of benzene rings is 3. The van der Waals surface area contributed by atoms with Crippen LogP contribution in [0.15, 0.2) is 65.6 Å². The van der Waals surface area contributed by atoms with E-state index in [1.807, 2.05) is 0 Å². The summed E-state index contributed by atoms with van der Waals surface area (Å²) < 4.78 is 91.2. The van der Waals surface area contributed by atoms with Crippen molar-refractivity contribution in [2.45, 2.75) is 11.1 Å². The lowest BCUT2D eigenvalue weighted by molar-refractivity contribution is -0.139. The lowest BCUT2D eigenvalue weighted by Crippen LogP contribution is -2.13. The van der Waals surface area contributed by atoms with Crippen molar-refractivity contribution in [3.8, 4) is 22.6 Å². The first kappa shape index (κ1) is 20.0. The normalized spacial score (nSPS) is 13.3. The zero-order chi connectivity index (χ0) is 21.5. The first-order valence-electron chi connectivity index (χ1n) is 8.54. The van der Waals surface area contributed by atoms with Gasteiger partial charge in [-0.1, -0.05) is 24.3 Å². The van der Waals surface area contributed by atoms with E-state index in [2.05, 4.69) is 4.72 Å². The zero-order valence-corrected chi connectivity index (χ0v) is 15.9. The molecule has 0 bridgehead atoms. The highest BCUT2D eigenvalue weighted by atomic mass is 32.2. The molecule has 5 nitrogen and oxygen atoms in total. The van der Waals surface area contributed by atoms with Gasteiger partial charge in [-0.05, 0) is 35.9 Å². The summed E-state index contributed by atoms with van der Waals surface area (Å²) in [7, 11) is -4.02. The molecule has 3 aromatic carbocycles. The van der Waals surface area contributed by atoms with E-state index >= 15 is 0 Å². The van der Waals surface area contributed by atoms with Crippen LogP contribution in [-0.4, -0.2) is 15.2 Å². The summed E-state index contributed by atoms with van der Waals surface area (Å²) in [5.74, 6) is -0.973. The third kappa shape index (κ3) is 3.78. The van der Waals surface area contributed by atoms with Crippen molar-refractivity contribution in [3.63, 3.8) is 0 Å². The van der Waals surface area contributed by atoms with Crippen LogP contribution in [-0.2, 0) is 16.2 Å². The van der Waals surface area contributed by atoms with E-state index in [0.717, 1.165) is 6.07 Å². The van der Waals surface area contributed by atoms with Gasteiger partial charge < -0.3 is 9.47 Å². The second-order valence-corrected chi connectivity index (χ2v) is 8.04. The van der Waals surface area contributed by atoms with Crippen LogP contribution in [0.4, 0.5) is 23.2 Å². The van der Waals surface area contributed by atoms with Crippen molar-refractivity contribution in [1.82, 2.24) is 0 Å². The van der Waals surface area contributed by atoms with Crippen LogP contribution >= 0.6 is 0 Å². The molecule has 0 atom stereocenters. The van der Waals surface area contributed by atoms with Crippen LogP contribution in [0.3, 0.4) is 0 Å². The molecule has 0 spiro atoms. The van der Waals surface area contributed by atoms with Crippen LogP contribution in [0.1, 0.15) is 5.56 Å². The number of nitrogens with one attached hydrogen (secondary N) is 1. The molecular weight excluding hydrogens is 426 g/mol. The van der Waals surface area contributed by atoms with Gasteiger partial charge in [0.15, 0.2) is 11.5 Å². The number of anilines is 1. The Bertz CT molecular complexity index is 1210. The van der Waals surface area contributed by atoms with Crippen LogP contribution in [0.2, 0.25) is 0 Å². The van der Waals surface area contributed by atoms with Crippen LogP contribution < -0.4 is 14.2 Å². The van der Waals surface area contributed by atoms with Gasteiger partial charge in [0.25, 0.3) is 10.0 Å². The molecule has 4 rings (SSSR count). The highest BCUT2D eigenvalue weighted by Gasteiger charge is 2.34. The Morgan fingerprint density at radius 3 is 2.20 bits per heavy atom. The van der Waals surface area contributed by atoms with Crippen molar-refractivity contribution in [3.05, 3.63) is 72.0 Å². The van der Waals surface area contributed by atoms with E-state index in [-0.39, 0.29) is 40.0 Å². The first-order chi connectivity index (χ1) is 14.1. The Hall–Kier alpha value is -3.27. The van der Waals surface area contributed by atoms with Crippen molar-refractivity contribution < 1.29 is 35.5 Å². The topological polar surface area (TPSA) is 64.6 Å². The minimum Gasteiger partial charge on any atom is -0.454 e. The minimum atomic E-state index is -4.85. The maximum absolute atomic E-state index is 14.1. The summed E-state index contributed by atoms with van der Waals surface area (Å²) in [5, 5.41) is 0. The maximum Gasteiger partial charge on any atom is 0.419 e. The number of ether oxygens (including phenoxy) is 2. The summed E-state index contributed by atoms with van der Waals surface area (Å²) in [4.78, 5) is -0.0211. The number of rotatable bonds is 4. The van der Waals surface area contributed by atoms with Gasteiger partial charge in [-0.2, -0.15) is 13.2 Å². The molecule has 0 unspecified atom stereocenters. The molecule has 1 aliphatic rings. The molecule has 3 aromatic rings. The van der Waals surface area contributed by atoms with Gasteiger partial charge in [0.1, 0.15) is 5.82 Å². The molecule has 0 saturated heterocycles. The summed E-state index contributed by atoms with van der Waals surface area (Å²) in [5.41, 5.74) is -1.25. The molecule has 1 aliphatic heterocycles. The van der Waals surface area contributed by atoms with Gasteiger partial charge >= 0.3 is 6.18 Å². The van der Waals surface area contributed by atoms with E-state index in [9.17, 15) is 26.0 Å². The van der Waals surface area contributed by atoms with E-state index in [1.54, 1.807) is 18.2 Å². The molecule has 30 heavy (non-hydrogen) atoms. The van der Waals surface area contributed by atoms with Gasteiger partial charge in [0.05, 0.1) is 16.1 Å². The van der Waals surface area contributed by atoms with Gasteiger partial charge in [-0.3, -0.25) is 4.72 Å². The van der Waals surface area contributed by atoms with Crippen molar-refractivity contribution in [1.29, 1.82) is 0 Å². The second kappa shape index (κ2) is 7.21. The summed E-state index contributed by atoms with van der Waals surface area (Å²) in [6, 6.07) is 12.6. The molecule has 10 heteroatoms. The lowest BCUT2D eigenvalue weighted by Gasteiger charge is -2.15. The fourth-order valence-corrected chi connectivity index (χ4v) is 4.07. The van der Waals surface area contributed by atoms with E-state index in [0.29, 0.717) is 12.1 Å². The van der Waals surface area contributed by atoms with E-state index in [4.69, 9.17) is 9.47 Å². The zero-order valence-electron chi connectivity index (χ0n) is 15.0. The van der Waals surface area contributed by atoms with Gasteiger partial charge in [0, 0.05) is 11.6 Å². The quantitative estimate of drug-likeness (QED) is 0.579. The number of alkyl halides is 3. The number of hydrogen-bond acceptors (Lipinski definition) is 4. The van der Waals surface area contributed by atoms with Gasteiger partial charge in [-0.25, -0.2) is 12.8 Å². The van der Waals surface area contributed by atoms with Crippen molar-refractivity contribution in [2.75, 3.05) is 11.5 Å². The lowest BCUT2D eigenvalue weighted by atomic mass is 10.0. The number of sulfonamides is 1. The summed E-state index contributed by atoms with van der Waals surface area (Å²) in [6.07, 6.45) is -4.85. The second-order valence-electron chi connectivity index (χ2n) is 6.36. The van der Waals surface area contributed by atoms with Crippen LogP contribution in [0.5, 0.6) is 11.5 Å². The highest BCUT2D eigenvalue weighted by molar-refractivity contribution is 7.92. The standard InChI is InChI=1S/C20H13F4NO4S/c21-16-8-12(6-7-15(16)20(22,23)24)14-9-18-19(29-11-28-18)10-17(14)25-30(26,27)13-4-2-1-3-5-13/h1-10,25H,11H2. The van der Waals surface area contributed by atoms with E-state index < -0.39 is 27.6 Å². The number of fused-ring (bicyclic) bond motifs is 1. The fourth-order valence-electron chi connectivity index (χ4n) is 2.98. The Morgan fingerprint density at radius 1 is 0.900 bits per heavy atom. The van der Waals surface area contributed by atoms with Crippen LogP contribution in [0, 0.1) is 5.82 Å². The largest absolute Gasteiger partial charge is 0.454 e. The van der Waals surface area contributed by atoms with Crippen molar-refractivity contribution in [2.24, 2.45) is 0 Å². The molecule has 0 radical (unpaired) electrons. The van der Waals surface area contributed by atoms with Gasteiger partial charge in [-0.15, -0.1) is 0 Å². The molecule has 0 amide bonds. The smallest absolute Gasteiger partial charge is 0.419 e. The maximum atomic E-state index is 14.1. The predicted octanol–water partition coefficient (Wildman–Crippen LogP) is 5.04. The highest BCUT2D eigenvalue weighted by Crippen LogP contribution is 2.43. The molecule has 0 aromatic heterocycles. The minimum absolute atomic E-state index is 0.00209. The molecule has 156 valence electrons. The Balaban J connectivity index is 1.82. The molecular formula is C20H13F4NO4S. The predicted molar refractivity (Wildman–Crippen MR) is 100 cm³/mol. The van der Waals surface area contributed by atoms with Crippen LogP contribution in [0.25, 0.3) is 11.1 Å². The van der Waals surface area contributed by atoms with Gasteiger partial charge in [0.2, 0.25) is 6.79 Å². The Labute approximate surface area is 168 Å². The summed E-state index contributed by atoms with van der Waals surface area (Å²) >= 11 is 0. The SMILES string of the molecule is O=S(=O)(Nc1cc2c(cc1-c1ccc(C(F)(F)F)c(F)c1)OCO2)c1ccccc1. The fraction of sp³-hybridized carbons (Fsp3) is 0.100. The third-order valence-electron chi connectivity index (χ3n) is 4.40. The average molecular weight is 439 g/mol. The Kier molecular flexibility index (Phi) is 4.81. The third-order valence-corrected chi connectivity index (χ3v) is 5.78. The molecule has 0 saturated carbocycles. The number of halogens is 4. The van der Waals surface area contributed by atoms with Crippen molar-refractivity contribution >= 4 is 15.7 Å². The molecule has 0 fully saturated rings. The monoisotopic (exact) mass is 439 g/mol. The molecule has 1 heterocycles. The summed E-state index contributed by atoms with van der Waals surface area (Å²) in [6.45, 7) is -0.106.